The third-order valence-electron chi connectivity index (χ3n) is 7.14. The number of carboxylic acids is 1. The predicted molar refractivity (Wildman–Crippen MR) is 126 cm³/mol. The Morgan fingerprint density at radius 2 is 1.91 bits per heavy atom. The summed E-state index contributed by atoms with van der Waals surface area (Å²) in [6.07, 6.45) is 3.96. The number of ether oxygens (including phenoxy) is 2. The van der Waals surface area contributed by atoms with Gasteiger partial charge in [0.1, 0.15) is 5.82 Å². The fourth-order valence-corrected chi connectivity index (χ4v) is 5.08. The smallest absolute Gasteiger partial charge is 0.306 e. The molecule has 0 amide bonds. The van der Waals surface area contributed by atoms with Crippen LogP contribution in [0.2, 0.25) is 0 Å². The van der Waals surface area contributed by atoms with Crippen LogP contribution in [-0.4, -0.2) is 23.2 Å². The Balaban J connectivity index is 1.40. The summed E-state index contributed by atoms with van der Waals surface area (Å²) in [5, 5.41) is 9.61. The molecule has 2 unspecified atom stereocenters. The van der Waals surface area contributed by atoms with Crippen LogP contribution in [0, 0.1) is 17.7 Å². The Kier molecular flexibility index (Phi) is 6.09. The van der Waals surface area contributed by atoms with Gasteiger partial charge in [-0.2, -0.15) is 0 Å². The summed E-state index contributed by atoms with van der Waals surface area (Å²) in [7, 11) is 1.55. The second-order valence-electron chi connectivity index (χ2n) is 9.35. The number of aromatic nitrogens is 1. The van der Waals surface area contributed by atoms with Crippen molar-refractivity contribution in [2.45, 2.75) is 44.8 Å². The van der Waals surface area contributed by atoms with E-state index in [1.54, 1.807) is 32.4 Å². The first-order valence-electron chi connectivity index (χ1n) is 11.7. The highest BCUT2D eigenvalue weighted by Gasteiger charge is 2.39. The highest BCUT2D eigenvalue weighted by molar-refractivity contribution is 5.71. The lowest BCUT2D eigenvalue weighted by molar-refractivity contribution is -0.142. The molecule has 0 radical (unpaired) electrons. The predicted octanol–water partition coefficient (Wildman–Crippen LogP) is 5.92. The van der Waals surface area contributed by atoms with Crippen molar-refractivity contribution in [3.8, 4) is 17.0 Å². The zero-order chi connectivity index (χ0) is 23.8. The van der Waals surface area contributed by atoms with E-state index < -0.39 is 11.9 Å². The molecule has 1 aliphatic heterocycles. The van der Waals surface area contributed by atoms with E-state index in [-0.39, 0.29) is 17.8 Å². The second-order valence-corrected chi connectivity index (χ2v) is 9.35. The van der Waals surface area contributed by atoms with Gasteiger partial charge in [-0.05, 0) is 64.6 Å². The molecule has 2 heterocycles. The van der Waals surface area contributed by atoms with E-state index in [0.717, 1.165) is 40.7 Å². The molecule has 0 saturated heterocycles. The number of benzene rings is 2. The monoisotopic (exact) mass is 461 g/mol. The van der Waals surface area contributed by atoms with E-state index in [9.17, 15) is 9.90 Å². The summed E-state index contributed by atoms with van der Waals surface area (Å²) in [6.45, 7) is 2.21. The SMILES string of the molecule is COc1cc(-c2ccc([C@H]3Cc4cc(C(C5CC5)C(C)C(=O)O)ccc4CO3)c(F)c2)ccn1. The number of carbonyl (C=O) groups is 1. The maximum Gasteiger partial charge on any atom is 0.306 e. The topological polar surface area (TPSA) is 68.7 Å². The van der Waals surface area contributed by atoms with Crippen molar-refractivity contribution in [1.29, 1.82) is 0 Å². The highest BCUT2D eigenvalue weighted by atomic mass is 19.1. The molecule has 3 atom stereocenters. The van der Waals surface area contributed by atoms with Crippen LogP contribution in [0.4, 0.5) is 4.39 Å². The van der Waals surface area contributed by atoms with Crippen molar-refractivity contribution >= 4 is 5.97 Å². The van der Waals surface area contributed by atoms with Crippen LogP contribution in [0.1, 0.15) is 54.0 Å². The van der Waals surface area contributed by atoms with Crippen molar-refractivity contribution in [3.63, 3.8) is 0 Å². The molecule has 1 aromatic heterocycles. The van der Waals surface area contributed by atoms with Gasteiger partial charge >= 0.3 is 5.97 Å². The summed E-state index contributed by atoms with van der Waals surface area (Å²) in [5.74, 6) is -0.586. The molecule has 0 bridgehead atoms. The second kappa shape index (κ2) is 9.18. The van der Waals surface area contributed by atoms with Gasteiger partial charge in [-0.1, -0.05) is 37.3 Å². The molecule has 1 fully saturated rings. The number of aliphatic carboxylic acids is 1. The van der Waals surface area contributed by atoms with Crippen molar-refractivity contribution in [3.05, 3.63) is 82.8 Å². The van der Waals surface area contributed by atoms with Crippen LogP contribution < -0.4 is 4.74 Å². The minimum atomic E-state index is -0.759. The molecular formula is C28H28FNO4. The Morgan fingerprint density at radius 1 is 1.12 bits per heavy atom. The van der Waals surface area contributed by atoms with Gasteiger partial charge in [-0.25, -0.2) is 9.37 Å². The molecule has 2 aromatic carbocycles. The van der Waals surface area contributed by atoms with E-state index in [4.69, 9.17) is 9.47 Å². The average molecular weight is 462 g/mol. The van der Waals surface area contributed by atoms with E-state index in [0.29, 0.717) is 30.4 Å². The van der Waals surface area contributed by atoms with Gasteiger partial charge in [0.05, 0.1) is 25.7 Å². The fourth-order valence-electron chi connectivity index (χ4n) is 5.08. The minimum Gasteiger partial charge on any atom is -0.481 e. The number of carboxylic acid groups (broad SMARTS) is 1. The van der Waals surface area contributed by atoms with E-state index >= 15 is 4.39 Å². The Morgan fingerprint density at radius 3 is 2.62 bits per heavy atom. The average Bonchev–Trinajstić information content (AvgIpc) is 3.68. The van der Waals surface area contributed by atoms with Gasteiger partial charge in [0.25, 0.3) is 0 Å². The van der Waals surface area contributed by atoms with E-state index in [2.05, 4.69) is 11.1 Å². The normalized spacial score (nSPS) is 19.2. The number of fused-ring (bicyclic) bond motifs is 1. The third-order valence-corrected chi connectivity index (χ3v) is 7.14. The molecule has 5 nitrogen and oxygen atoms in total. The number of pyridine rings is 1. The molecule has 5 rings (SSSR count). The number of rotatable bonds is 7. The molecule has 3 aromatic rings. The molecule has 6 heteroatoms. The Bertz CT molecular complexity index is 1220. The Hall–Kier alpha value is -3.25. The van der Waals surface area contributed by atoms with Gasteiger partial charge in [0.15, 0.2) is 0 Å². The van der Waals surface area contributed by atoms with Crippen molar-refractivity contribution in [2.24, 2.45) is 11.8 Å². The Labute approximate surface area is 198 Å². The maximum absolute atomic E-state index is 15.2. The van der Waals surface area contributed by atoms with E-state index in [1.807, 2.05) is 24.3 Å². The molecule has 34 heavy (non-hydrogen) atoms. The number of nitrogens with zero attached hydrogens (tertiary/aromatic N) is 1. The first-order chi connectivity index (χ1) is 16.4. The summed E-state index contributed by atoms with van der Waals surface area (Å²) in [6, 6.07) is 15.0. The van der Waals surface area contributed by atoms with E-state index in [1.165, 1.54) is 6.07 Å². The standard InChI is InChI=1S/C28H28FNO4/c1-16(28(31)32)27(17-3-4-17)20-5-6-21-15-34-25(13-22(21)11-20)23-8-7-18(12-24(23)29)19-9-10-30-26(14-19)33-2/h5-12,14,16-17,25,27H,3-4,13,15H2,1-2H3,(H,31,32)/t16?,25-,27?/m1/s1. The van der Waals surface area contributed by atoms with Gasteiger partial charge in [0, 0.05) is 24.2 Å². The minimum absolute atomic E-state index is 0.0115. The highest BCUT2D eigenvalue weighted by Crippen LogP contribution is 2.47. The summed E-state index contributed by atoms with van der Waals surface area (Å²) < 4.78 is 26.4. The van der Waals surface area contributed by atoms with Crippen LogP contribution in [0.15, 0.2) is 54.7 Å². The zero-order valence-corrected chi connectivity index (χ0v) is 19.3. The van der Waals surface area contributed by atoms with Crippen molar-refractivity contribution in [1.82, 2.24) is 4.98 Å². The molecule has 1 aliphatic carbocycles. The maximum atomic E-state index is 15.2. The molecule has 176 valence electrons. The zero-order valence-electron chi connectivity index (χ0n) is 19.3. The number of hydrogen-bond acceptors (Lipinski definition) is 4. The van der Waals surface area contributed by atoms with Crippen molar-refractivity contribution < 1.29 is 23.8 Å². The van der Waals surface area contributed by atoms with Crippen molar-refractivity contribution in [2.75, 3.05) is 7.11 Å². The molecular weight excluding hydrogens is 433 g/mol. The lowest BCUT2D eigenvalue weighted by atomic mass is 9.81. The lowest BCUT2D eigenvalue weighted by Crippen LogP contribution is -2.22. The lowest BCUT2D eigenvalue weighted by Gasteiger charge is -2.28. The number of halogens is 1. The quantitative estimate of drug-likeness (QED) is 0.473. The largest absolute Gasteiger partial charge is 0.481 e. The molecule has 2 aliphatic rings. The van der Waals surface area contributed by atoms with Gasteiger partial charge in [0.2, 0.25) is 5.88 Å². The third kappa shape index (κ3) is 4.42. The van der Waals surface area contributed by atoms with Gasteiger partial charge in [-0.3, -0.25) is 4.79 Å². The number of methoxy groups -OCH3 is 1. The van der Waals surface area contributed by atoms with Crippen LogP contribution in [0.25, 0.3) is 11.1 Å². The molecule has 1 saturated carbocycles. The first kappa shape index (κ1) is 22.5. The summed E-state index contributed by atoms with van der Waals surface area (Å²) in [5.41, 5.74) is 5.36. The summed E-state index contributed by atoms with van der Waals surface area (Å²) in [4.78, 5) is 15.8. The first-order valence-corrected chi connectivity index (χ1v) is 11.7. The van der Waals surface area contributed by atoms with Gasteiger partial charge < -0.3 is 14.6 Å². The van der Waals surface area contributed by atoms with Crippen LogP contribution in [-0.2, 0) is 22.6 Å². The molecule has 0 spiro atoms. The van der Waals surface area contributed by atoms with Gasteiger partial charge in [-0.15, -0.1) is 0 Å². The number of hydrogen-bond donors (Lipinski definition) is 1. The molecule has 1 N–H and O–H groups in total. The van der Waals surface area contributed by atoms with Crippen LogP contribution >= 0.6 is 0 Å². The fraction of sp³-hybridized carbons (Fsp3) is 0.357. The van der Waals surface area contributed by atoms with Crippen LogP contribution in [0.3, 0.4) is 0 Å². The van der Waals surface area contributed by atoms with Crippen LogP contribution in [0.5, 0.6) is 5.88 Å². The summed E-state index contributed by atoms with van der Waals surface area (Å²) >= 11 is 0.